The van der Waals surface area contributed by atoms with E-state index in [9.17, 15) is 9.18 Å². The molecule has 2 aromatic carbocycles. The van der Waals surface area contributed by atoms with Crippen LogP contribution < -0.4 is 15.8 Å². The number of urea groups is 1. The monoisotopic (exact) mass is 369 g/mol. The number of benzene rings is 2. The summed E-state index contributed by atoms with van der Waals surface area (Å²) >= 11 is 0. The molecular weight excluding hydrogens is 345 g/mol. The quantitative estimate of drug-likeness (QED) is 0.823. The van der Waals surface area contributed by atoms with E-state index in [2.05, 4.69) is 5.32 Å². The number of rotatable bonds is 6. The van der Waals surface area contributed by atoms with Gasteiger partial charge in [0.25, 0.3) is 0 Å². The van der Waals surface area contributed by atoms with Gasteiger partial charge in [0.05, 0.1) is 13.7 Å². The molecule has 0 bridgehead atoms. The van der Waals surface area contributed by atoms with Crippen molar-refractivity contribution in [2.24, 2.45) is 5.73 Å². The van der Waals surface area contributed by atoms with E-state index in [1.807, 2.05) is 24.3 Å². The van der Waals surface area contributed by atoms with Crippen LogP contribution in [0.4, 0.5) is 9.18 Å². The minimum Gasteiger partial charge on any atom is -0.497 e. The second kappa shape index (κ2) is 6.53. The molecule has 0 aromatic heterocycles. The molecule has 1 heterocycles. The van der Waals surface area contributed by atoms with Crippen LogP contribution in [0.25, 0.3) is 0 Å². The lowest BCUT2D eigenvalue weighted by Gasteiger charge is -2.41. The van der Waals surface area contributed by atoms with E-state index in [1.165, 1.54) is 12.1 Å². The molecule has 1 aliphatic carbocycles. The minimum absolute atomic E-state index is 0.139. The van der Waals surface area contributed by atoms with E-state index in [0.717, 1.165) is 29.7 Å². The standard InChI is InChI=1S/C21H24FN3O2/c1-27-18-8-2-15(3-9-18)10-13-25-19(26)24-14-21(25,23)20(11-12-20)16-4-6-17(22)7-5-16/h2-9H,10-14,23H2,1H3,(H,24,26). The van der Waals surface area contributed by atoms with E-state index < -0.39 is 5.66 Å². The predicted molar refractivity (Wildman–Crippen MR) is 101 cm³/mol. The lowest BCUT2D eigenvalue weighted by atomic mass is 9.82. The zero-order valence-electron chi connectivity index (χ0n) is 15.4. The summed E-state index contributed by atoms with van der Waals surface area (Å²) in [4.78, 5) is 14.3. The van der Waals surface area contributed by atoms with Crippen LogP contribution in [-0.4, -0.2) is 36.8 Å². The molecular formula is C21H24FN3O2. The molecule has 2 aliphatic rings. The number of halogens is 1. The Morgan fingerprint density at radius 1 is 1.15 bits per heavy atom. The van der Waals surface area contributed by atoms with Crippen molar-refractivity contribution in [3.05, 3.63) is 65.5 Å². The van der Waals surface area contributed by atoms with Crippen LogP contribution in [0.1, 0.15) is 24.0 Å². The van der Waals surface area contributed by atoms with Crippen molar-refractivity contribution in [2.45, 2.75) is 30.3 Å². The molecule has 1 unspecified atom stereocenters. The first-order valence-electron chi connectivity index (χ1n) is 9.22. The summed E-state index contributed by atoms with van der Waals surface area (Å²) in [5.74, 6) is 0.539. The van der Waals surface area contributed by atoms with Crippen LogP contribution in [0, 0.1) is 5.82 Å². The summed E-state index contributed by atoms with van der Waals surface area (Å²) < 4.78 is 18.5. The van der Waals surface area contributed by atoms with Crippen molar-refractivity contribution in [2.75, 3.05) is 20.2 Å². The number of nitrogens with one attached hydrogen (secondary N) is 1. The fourth-order valence-electron chi connectivity index (χ4n) is 4.21. The van der Waals surface area contributed by atoms with Crippen LogP contribution >= 0.6 is 0 Å². The number of nitrogens with zero attached hydrogens (tertiary/aromatic N) is 1. The van der Waals surface area contributed by atoms with Gasteiger partial charge in [0.2, 0.25) is 0 Å². The lowest BCUT2D eigenvalue weighted by Crippen LogP contribution is -2.63. The van der Waals surface area contributed by atoms with E-state index in [-0.39, 0.29) is 17.3 Å². The Morgan fingerprint density at radius 3 is 2.41 bits per heavy atom. The highest BCUT2D eigenvalue weighted by atomic mass is 19.1. The third-order valence-corrected chi connectivity index (χ3v) is 5.99. The molecule has 2 aromatic rings. The molecule has 0 radical (unpaired) electrons. The number of methoxy groups -OCH3 is 1. The summed E-state index contributed by atoms with van der Waals surface area (Å²) in [7, 11) is 1.64. The SMILES string of the molecule is COc1ccc(CCN2C(=O)NCC2(N)C2(c3ccc(F)cc3)CC2)cc1. The number of hydrogen-bond acceptors (Lipinski definition) is 3. The van der Waals surface area contributed by atoms with Gasteiger partial charge in [-0.05, 0) is 54.7 Å². The molecule has 1 atom stereocenters. The smallest absolute Gasteiger partial charge is 0.319 e. The number of hydrogen-bond donors (Lipinski definition) is 2. The second-order valence-electron chi connectivity index (χ2n) is 7.42. The van der Waals surface area contributed by atoms with Crippen molar-refractivity contribution in [1.82, 2.24) is 10.2 Å². The Kier molecular flexibility index (Phi) is 4.30. The van der Waals surface area contributed by atoms with Gasteiger partial charge in [0.15, 0.2) is 0 Å². The summed E-state index contributed by atoms with van der Waals surface area (Å²) in [6.07, 6.45) is 2.49. The molecule has 1 saturated heterocycles. The summed E-state index contributed by atoms with van der Waals surface area (Å²) in [6, 6.07) is 14.2. The van der Waals surface area contributed by atoms with Gasteiger partial charge in [0, 0.05) is 12.0 Å². The Bertz CT molecular complexity index is 834. The first-order valence-corrected chi connectivity index (χ1v) is 9.22. The van der Waals surface area contributed by atoms with Gasteiger partial charge < -0.3 is 20.7 Å². The number of nitrogens with two attached hydrogens (primary N) is 1. The van der Waals surface area contributed by atoms with Crippen molar-refractivity contribution < 1.29 is 13.9 Å². The fraction of sp³-hybridized carbons (Fsp3) is 0.381. The maximum absolute atomic E-state index is 13.4. The predicted octanol–water partition coefficient (Wildman–Crippen LogP) is 2.79. The van der Waals surface area contributed by atoms with E-state index in [0.29, 0.717) is 19.5 Å². The van der Waals surface area contributed by atoms with Crippen molar-refractivity contribution in [3.8, 4) is 5.75 Å². The van der Waals surface area contributed by atoms with Crippen LogP contribution in [0.3, 0.4) is 0 Å². The molecule has 3 N–H and O–H groups in total. The van der Waals surface area contributed by atoms with E-state index >= 15 is 0 Å². The topological polar surface area (TPSA) is 67.6 Å². The third-order valence-electron chi connectivity index (χ3n) is 5.99. The second-order valence-corrected chi connectivity index (χ2v) is 7.42. The maximum atomic E-state index is 13.4. The summed E-state index contributed by atoms with van der Waals surface area (Å²) in [5.41, 5.74) is 7.82. The minimum atomic E-state index is -0.811. The van der Waals surface area contributed by atoms with Crippen molar-refractivity contribution in [1.29, 1.82) is 0 Å². The molecule has 27 heavy (non-hydrogen) atoms. The van der Waals surface area contributed by atoms with E-state index in [1.54, 1.807) is 24.1 Å². The lowest BCUT2D eigenvalue weighted by molar-refractivity contribution is 0.126. The Morgan fingerprint density at radius 2 is 1.81 bits per heavy atom. The summed E-state index contributed by atoms with van der Waals surface area (Å²) in [6.45, 7) is 0.920. The van der Waals surface area contributed by atoms with Gasteiger partial charge >= 0.3 is 6.03 Å². The van der Waals surface area contributed by atoms with Gasteiger partial charge in [-0.1, -0.05) is 24.3 Å². The fourth-order valence-corrected chi connectivity index (χ4v) is 4.21. The number of carbonyl (C=O) groups excluding carboxylic acids is 1. The normalized spacial score (nSPS) is 23.2. The van der Waals surface area contributed by atoms with Gasteiger partial charge in [-0.25, -0.2) is 9.18 Å². The van der Waals surface area contributed by atoms with Gasteiger partial charge in [-0.2, -0.15) is 0 Å². The molecule has 4 rings (SSSR count). The zero-order valence-corrected chi connectivity index (χ0v) is 15.4. The first kappa shape index (κ1) is 17.8. The van der Waals surface area contributed by atoms with Gasteiger partial charge in [0.1, 0.15) is 17.2 Å². The Labute approximate surface area is 158 Å². The zero-order chi connectivity index (χ0) is 19.1. The van der Waals surface area contributed by atoms with Crippen LogP contribution in [-0.2, 0) is 11.8 Å². The van der Waals surface area contributed by atoms with E-state index in [4.69, 9.17) is 10.5 Å². The first-order chi connectivity index (χ1) is 13.0. The van der Waals surface area contributed by atoms with Crippen LogP contribution in [0.5, 0.6) is 5.75 Å². The highest BCUT2D eigenvalue weighted by molar-refractivity contribution is 5.78. The van der Waals surface area contributed by atoms with Crippen molar-refractivity contribution in [3.63, 3.8) is 0 Å². The molecule has 1 aliphatic heterocycles. The number of ether oxygens (including phenoxy) is 1. The molecule has 0 spiro atoms. The average molecular weight is 369 g/mol. The average Bonchev–Trinajstić information content (AvgIpc) is 3.44. The number of amides is 2. The molecule has 6 heteroatoms. The molecule has 142 valence electrons. The van der Waals surface area contributed by atoms with Crippen LogP contribution in [0.2, 0.25) is 0 Å². The highest BCUT2D eigenvalue weighted by Gasteiger charge is 2.64. The summed E-state index contributed by atoms with van der Waals surface area (Å²) in [5, 5.41) is 2.91. The highest BCUT2D eigenvalue weighted by Crippen LogP contribution is 2.56. The van der Waals surface area contributed by atoms with Gasteiger partial charge in [-0.15, -0.1) is 0 Å². The number of carbonyl (C=O) groups is 1. The van der Waals surface area contributed by atoms with Crippen LogP contribution in [0.15, 0.2) is 48.5 Å². The Hall–Kier alpha value is -2.60. The molecule has 5 nitrogen and oxygen atoms in total. The van der Waals surface area contributed by atoms with Crippen molar-refractivity contribution >= 4 is 6.03 Å². The molecule has 2 fully saturated rings. The molecule has 1 saturated carbocycles. The largest absolute Gasteiger partial charge is 0.497 e. The Balaban J connectivity index is 1.55. The maximum Gasteiger partial charge on any atom is 0.319 e. The van der Waals surface area contributed by atoms with Gasteiger partial charge in [-0.3, -0.25) is 0 Å². The molecule has 2 amide bonds. The third kappa shape index (κ3) is 2.94.